The minimum absolute atomic E-state index is 0.148. The van der Waals surface area contributed by atoms with E-state index in [1.54, 1.807) is 13.1 Å². The molecule has 0 saturated carbocycles. The maximum Gasteiger partial charge on any atom is 0.331 e. The van der Waals surface area contributed by atoms with Crippen LogP contribution in [0, 0.1) is 17.7 Å². The lowest BCUT2D eigenvalue weighted by atomic mass is 9.85. The van der Waals surface area contributed by atoms with Crippen LogP contribution in [0.4, 0.5) is 10.1 Å². The number of carbonyl (C=O) groups excluding carboxylic acids is 3. The summed E-state index contributed by atoms with van der Waals surface area (Å²) in [6, 6.07) is 11.1. The second kappa shape index (κ2) is 6.76. The number of carbonyl (C=O) groups is 3. The zero-order valence-electron chi connectivity index (χ0n) is 16.1. The molecule has 0 N–H and O–H groups in total. The van der Waals surface area contributed by atoms with Crippen molar-refractivity contribution in [3.63, 3.8) is 0 Å². The molecular weight excluding hydrogens is 389 g/mol. The Bertz CT molecular complexity index is 1080. The lowest BCUT2D eigenvalue weighted by Crippen LogP contribution is -2.45. The van der Waals surface area contributed by atoms with Gasteiger partial charge in [-0.3, -0.25) is 14.6 Å². The van der Waals surface area contributed by atoms with Gasteiger partial charge in [0, 0.05) is 0 Å². The molecule has 2 aromatic carbocycles. The largest absolute Gasteiger partial charge is 0.464 e. The van der Waals surface area contributed by atoms with E-state index in [1.807, 2.05) is 24.3 Å². The van der Waals surface area contributed by atoms with E-state index in [-0.39, 0.29) is 12.3 Å². The Hall–Kier alpha value is -3.55. The SMILES string of the molecule is CCOC(=O)[C@H]1[C@@H]2C(=O)N(c3ccc(F)cc3)C(=O)[C@@H]2[C@H]2c3ccccc3C=NN21. The minimum atomic E-state index is -1.01. The standard InChI is InChI=1S/C22H18FN3O4/c1-2-30-22(29)19-17-16(18-15-6-4-3-5-12(15)11-24-26(18)19)20(27)25(21(17)28)14-9-7-13(23)8-10-14/h3-11,16-19H,2H2,1H3/t16-,17+,18+,19+/m0/s1. The first-order chi connectivity index (χ1) is 14.5. The Labute approximate surface area is 171 Å². The molecule has 5 rings (SSSR count). The van der Waals surface area contributed by atoms with Crippen molar-refractivity contribution in [1.29, 1.82) is 0 Å². The molecule has 30 heavy (non-hydrogen) atoms. The fraction of sp³-hybridized carbons (Fsp3) is 0.273. The fourth-order valence-electron chi connectivity index (χ4n) is 4.71. The number of benzene rings is 2. The highest BCUT2D eigenvalue weighted by atomic mass is 19.1. The number of esters is 1. The molecule has 0 spiro atoms. The molecule has 2 amide bonds. The van der Waals surface area contributed by atoms with Crippen LogP contribution in [0.5, 0.6) is 0 Å². The number of ether oxygens (including phenoxy) is 1. The van der Waals surface area contributed by atoms with Crippen LogP contribution >= 0.6 is 0 Å². The van der Waals surface area contributed by atoms with Crippen molar-refractivity contribution in [2.45, 2.75) is 19.0 Å². The molecule has 0 aromatic heterocycles. The number of amides is 2. The average molecular weight is 407 g/mol. The van der Waals surface area contributed by atoms with Gasteiger partial charge >= 0.3 is 5.97 Å². The van der Waals surface area contributed by atoms with E-state index in [0.29, 0.717) is 0 Å². The van der Waals surface area contributed by atoms with Crippen LogP contribution < -0.4 is 4.90 Å². The summed E-state index contributed by atoms with van der Waals surface area (Å²) in [6.07, 6.45) is 1.63. The topological polar surface area (TPSA) is 79.3 Å². The van der Waals surface area contributed by atoms with E-state index in [1.165, 1.54) is 29.3 Å². The summed E-state index contributed by atoms with van der Waals surface area (Å²) in [7, 11) is 0. The highest BCUT2D eigenvalue weighted by Gasteiger charge is 2.66. The van der Waals surface area contributed by atoms with E-state index in [9.17, 15) is 18.8 Å². The smallest absolute Gasteiger partial charge is 0.331 e. The maximum absolute atomic E-state index is 13.5. The zero-order valence-corrected chi connectivity index (χ0v) is 16.1. The van der Waals surface area contributed by atoms with Crippen LogP contribution in [0.25, 0.3) is 0 Å². The molecule has 8 heteroatoms. The number of hydrazone groups is 1. The number of nitrogens with zero attached hydrogens (tertiary/aromatic N) is 3. The first kappa shape index (κ1) is 18.5. The molecule has 0 bridgehead atoms. The van der Waals surface area contributed by atoms with Gasteiger partial charge < -0.3 is 4.74 Å². The van der Waals surface area contributed by atoms with Gasteiger partial charge in [0.05, 0.1) is 36.4 Å². The monoisotopic (exact) mass is 407 g/mol. The van der Waals surface area contributed by atoms with Crippen LogP contribution in [0.3, 0.4) is 0 Å². The Balaban J connectivity index is 1.63. The fourth-order valence-corrected chi connectivity index (χ4v) is 4.71. The van der Waals surface area contributed by atoms with Gasteiger partial charge in [0.1, 0.15) is 5.82 Å². The second-order valence-electron chi connectivity index (χ2n) is 7.44. The van der Waals surface area contributed by atoms with Crippen LogP contribution in [-0.4, -0.2) is 41.7 Å². The Morgan fingerprint density at radius 3 is 2.50 bits per heavy atom. The lowest BCUT2D eigenvalue weighted by Gasteiger charge is -2.33. The van der Waals surface area contributed by atoms with Crippen molar-refractivity contribution in [3.8, 4) is 0 Å². The molecule has 7 nitrogen and oxygen atoms in total. The van der Waals surface area contributed by atoms with Crippen molar-refractivity contribution in [1.82, 2.24) is 5.01 Å². The third-order valence-corrected chi connectivity index (χ3v) is 5.91. The van der Waals surface area contributed by atoms with E-state index in [0.717, 1.165) is 16.0 Å². The number of halogens is 1. The molecule has 0 unspecified atom stereocenters. The molecule has 3 heterocycles. The second-order valence-corrected chi connectivity index (χ2v) is 7.44. The summed E-state index contributed by atoms with van der Waals surface area (Å²) in [5.74, 6) is -3.72. The van der Waals surface area contributed by atoms with Gasteiger partial charge in [0.15, 0.2) is 6.04 Å². The van der Waals surface area contributed by atoms with Crippen LogP contribution in [0.1, 0.15) is 24.1 Å². The Morgan fingerprint density at radius 1 is 1.07 bits per heavy atom. The van der Waals surface area contributed by atoms with Gasteiger partial charge in [-0.2, -0.15) is 5.10 Å². The van der Waals surface area contributed by atoms with Crippen molar-refractivity contribution < 1.29 is 23.5 Å². The summed E-state index contributed by atoms with van der Waals surface area (Å²) in [5, 5.41) is 5.95. The molecule has 3 aliphatic heterocycles. The quantitative estimate of drug-likeness (QED) is 0.576. The summed E-state index contributed by atoms with van der Waals surface area (Å²) >= 11 is 0. The van der Waals surface area contributed by atoms with E-state index in [2.05, 4.69) is 5.10 Å². The molecule has 3 aliphatic rings. The van der Waals surface area contributed by atoms with Gasteiger partial charge in [0.2, 0.25) is 11.8 Å². The molecule has 4 atom stereocenters. The van der Waals surface area contributed by atoms with Crippen molar-refractivity contribution in [2.24, 2.45) is 16.9 Å². The van der Waals surface area contributed by atoms with E-state index < -0.39 is 47.5 Å². The third kappa shape index (κ3) is 2.49. The Morgan fingerprint density at radius 2 is 1.77 bits per heavy atom. The third-order valence-electron chi connectivity index (χ3n) is 5.91. The first-order valence-electron chi connectivity index (χ1n) is 9.74. The lowest BCUT2D eigenvalue weighted by molar-refractivity contribution is -0.152. The summed E-state index contributed by atoms with van der Waals surface area (Å²) in [6.45, 7) is 1.83. The highest BCUT2D eigenvalue weighted by Crippen LogP contribution is 2.52. The number of hydrogen-bond acceptors (Lipinski definition) is 6. The number of fused-ring (bicyclic) bond motifs is 5. The molecule has 152 valence electrons. The van der Waals surface area contributed by atoms with Crippen molar-refractivity contribution in [2.75, 3.05) is 11.5 Å². The van der Waals surface area contributed by atoms with Crippen molar-refractivity contribution >= 4 is 29.7 Å². The summed E-state index contributed by atoms with van der Waals surface area (Å²) in [4.78, 5) is 40.7. The number of rotatable bonds is 3. The van der Waals surface area contributed by atoms with Crippen molar-refractivity contribution in [3.05, 3.63) is 65.5 Å². The number of anilines is 1. The predicted molar refractivity (Wildman–Crippen MR) is 105 cm³/mol. The van der Waals surface area contributed by atoms with Gasteiger partial charge in [-0.15, -0.1) is 0 Å². The zero-order chi connectivity index (χ0) is 21.0. The normalized spacial score (nSPS) is 26.5. The average Bonchev–Trinajstić information content (AvgIpc) is 3.22. The molecule has 2 saturated heterocycles. The van der Waals surface area contributed by atoms with Gasteiger partial charge in [-0.05, 0) is 42.3 Å². The van der Waals surface area contributed by atoms with Gasteiger partial charge in [0.25, 0.3) is 0 Å². The summed E-state index contributed by atoms with van der Waals surface area (Å²) < 4.78 is 18.6. The summed E-state index contributed by atoms with van der Waals surface area (Å²) in [5.41, 5.74) is 1.95. The van der Waals surface area contributed by atoms with Gasteiger partial charge in [-0.25, -0.2) is 14.1 Å². The van der Waals surface area contributed by atoms with Gasteiger partial charge in [-0.1, -0.05) is 24.3 Å². The minimum Gasteiger partial charge on any atom is -0.464 e. The molecule has 2 fully saturated rings. The predicted octanol–water partition coefficient (Wildman–Crippen LogP) is 2.27. The molecular formula is C22H18FN3O4. The van der Waals surface area contributed by atoms with Crippen LogP contribution in [-0.2, 0) is 19.1 Å². The first-order valence-corrected chi connectivity index (χ1v) is 9.74. The maximum atomic E-state index is 13.5. The number of imide groups is 1. The highest BCUT2D eigenvalue weighted by molar-refractivity contribution is 6.23. The number of hydrogen-bond donors (Lipinski definition) is 0. The van der Waals surface area contributed by atoms with E-state index in [4.69, 9.17) is 4.74 Å². The Kier molecular flexibility index (Phi) is 4.16. The van der Waals surface area contributed by atoms with E-state index >= 15 is 0 Å². The van der Waals surface area contributed by atoms with Crippen LogP contribution in [0.15, 0.2) is 53.6 Å². The van der Waals surface area contributed by atoms with Crippen LogP contribution in [0.2, 0.25) is 0 Å². The molecule has 0 radical (unpaired) electrons. The molecule has 2 aromatic rings. The molecule has 0 aliphatic carbocycles.